The maximum atomic E-state index is 14.2. The van der Waals surface area contributed by atoms with Gasteiger partial charge >= 0.3 is 0 Å². The molecule has 0 heterocycles. The first kappa shape index (κ1) is 15.8. The first-order chi connectivity index (χ1) is 10.1. The number of methoxy groups -OCH3 is 2. The lowest BCUT2D eigenvalue weighted by Gasteiger charge is -2.19. The average Bonchev–Trinajstić information content (AvgIpc) is 2.49. The van der Waals surface area contributed by atoms with Crippen molar-refractivity contribution in [3.8, 4) is 11.5 Å². The van der Waals surface area contributed by atoms with Gasteiger partial charge in [0.1, 0.15) is 17.3 Å². The van der Waals surface area contributed by atoms with E-state index in [9.17, 15) is 4.39 Å². The monoisotopic (exact) mass is 354 g/mol. The highest BCUT2D eigenvalue weighted by Crippen LogP contribution is 2.32. The highest BCUT2D eigenvalue weighted by atomic mass is 79.9. The Morgan fingerprint density at radius 3 is 2.43 bits per heavy atom. The van der Waals surface area contributed by atoms with Gasteiger partial charge in [0, 0.05) is 11.6 Å². The number of hydrogen-bond donors (Lipinski definition) is 2. The molecular formula is C15H16BrFN2O2. The van der Waals surface area contributed by atoms with Crippen molar-refractivity contribution in [3.05, 3.63) is 57.8 Å². The number of ether oxygens (including phenoxy) is 2. The molecule has 4 nitrogen and oxygen atoms in total. The molecule has 21 heavy (non-hydrogen) atoms. The summed E-state index contributed by atoms with van der Waals surface area (Å²) < 4.78 is 25.2. The van der Waals surface area contributed by atoms with Crippen LogP contribution in [0.3, 0.4) is 0 Å². The summed E-state index contributed by atoms with van der Waals surface area (Å²) >= 11 is 3.41. The van der Waals surface area contributed by atoms with Crippen LogP contribution in [-0.2, 0) is 0 Å². The molecule has 2 rings (SSSR count). The minimum Gasteiger partial charge on any atom is -0.497 e. The summed E-state index contributed by atoms with van der Waals surface area (Å²) in [5.41, 5.74) is 3.89. The van der Waals surface area contributed by atoms with Crippen LogP contribution >= 0.6 is 15.9 Å². The summed E-state index contributed by atoms with van der Waals surface area (Å²) in [7, 11) is 3.08. The molecule has 0 aliphatic heterocycles. The van der Waals surface area contributed by atoms with Crippen LogP contribution in [0.5, 0.6) is 11.5 Å². The van der Waals surface area contributed by atoms with Gasteiger partial charge in [0.15, 0.2) is 0 Å². The van der Waals surface area contributed by atoms with Gasteiger partial charge in [0.2, 0.25) is 0 Å². The smallest absolute Gasteiger partial charge is 0.133 e. The normalized spacial score (nSPS) is 12.0. The Bertz CT molecular complexity index is 637. The summed E-state index contributed by atoms with van der Waals surface area (Å²) in [4.78, 5) is 0. The fourth-order valence-electron chi connectivity index (χ4n) is 2.10. The predicted molar refractivity (Wildman–Crippen MR) is 82.8 cm³/mol. The summed E-state index contributed by atoms with van der Waals surface area (Å²) in [5.74, 6) is 6.38. The molecule has 0 saturated heterocycles. The molecule has 0 amide bonds. The molecule has 3 N–H and O–H groups in total. The van der Waals surface area contributed by atoms with Crippen molar-refractivity contribution in [2.24, 2.45) is 5.84 Å². The first-order valence-corrected chi connectivity index (χ1v) is 7.03. The van der Waals surface area contributed by atoms with Crippen LogP contribution < -0.4 is 20.7 Å². The molecule has 2 aromatic carbocycles. The Balaban J connectivity index is 2.42. The highest BCUT2D eigenvalue weighted by Gasteiger charge is 2.18. The second-order valence-corrected chi connectivity index (χ2v) is 5.24. The van der Waals surface area contributed by atoms with Crippen LogP contribution in [-0.4, -0.2) is 14.2 Å². The Labute approximate surface area is 131 Å². The van der Waals surface area contributed by atoms with E-state index in [0.29, 0.717) is 17.1 Å². The van der Waals surface area contributed by atoms with Crippen molar-refractivity contribution < 1.29 is 13.9 Å². The van der Waals surface area contributed by atoms with E-state index in [2.05, 4.69) is 21.4 Å². The highest BCUT2D eigenvalue weighted by molar-refractivity contribution is 9.10. The van der Waals surface area contributed by atoms with E-state index in [0.717, 1.165) is 10.0 Å². The summed E-state index contributed by atoms with van der Waals surface area (Å²) in [6.07, 6.45) is 0. The quantitative estimate of drug-likeness (QED) is 0.639. The Morgan fingerprint density at radius 1 is 1.14 bits per heavy atom. The van der Waals surface area contributed by atoms with Gasteiger partial charge in [-0.1, -0.05) is 12.1 Å². The molecule has 112 valence electrons. The fraction of sp³-hybridized carbons (Fsp3) is 0.200. The number of nitrogens with one attached hydrogen (secondary N) is 1. The third kappa shape index (κ3) is 3.34. The average molecular weight is 355 g/mol. The predicted octanol–water partition coefficient (Wildman–Crippen LogP) is 3.16. The third-order valence-electron chi connectivity index (χ3n) is 3.19. The maximum absolute atomic E-state index is 14.2. The zero-order valence-corrected chi connectivity index (χ0v) is 13.3. The van der Waals surface area contributed by atoms with Gasteiger partial charge in [-0.3, -0.25) is 5.84 Å². The zero-order chi connectivity index (χ0) is 15.4. The van der Waals surface area contributed by atoms with E-state index < -0.39 is 6.04 Å². The Kier molecular flexibility index (Phi) is 5.17. The van der Waals surface area contributed by atoms with Crippen molar-refractivity contribution in [2.45, 2.75) is 6.04 Å². The minimum absolute atomic E-state index is 0.385. The fourth-order valence-corrected chi connectivity index (χ4v) is 2.66. The molecule has 1 unspecified atom stereocenters. The van der Waals surface area contributed by atoms with Crippen LogP contribution in [0.25, 0.3) is 0 Å². The van der Waals surface area contributed by atoms with E-state index in [1.54, 1.807) is 25.3 Å². The lowest BCUT2D eigenvalue weighted by Crippen LogP contribution is -2.29. The molecule has 6 heteroatoms. The van der Waals surface area contributed by atoms with Gasteiger partial charge in [-0.25, -0.2) is 9.82 Å². The molecule has 0 saturated carbocycles. The topological polar surface area (TPSA) is 56.5 Å². The Hall–Kier alpha value is -1.63. The molecule has 2 aromatic rings. The van der Waals surface area contributed by atoms with Crippen molar-refractivity contribution in [2.75, 3.05) is 14.2 Å². The standard InChI is InChI=1S/C15H16BrFN2O2/c1-20-10-4-5-11(13(17)8-10)15(19-18)9-3-6-14(21-2)12(16)7-9/h3-8,15,19H,18H2,1-2H3. The molecular weight excluding hydrogens is 339 g/mol. The van der Waals surface area contributed by atoms with E-state index >= 15 is 0 Å². The molecule has 0 aliphatic rings. The number of hydrogen-bond acceptors (Lipinski definition) is 4. The zero-order valence-electron chi connectivity index (χ0n) is 11.7. The van der Waals surface area contributed by atoms with E-state index in [-0.39, 0.29) is 5.82 Å². The second-order valence-electron chi connectivity index (χ2n) is 4.38. The van der Waals surface area contributed by atoms with Gasteiger partial charge in [0.05, 0.1) is 24.7 Å². The van der Waals surface area contributed by atoms with Crippen molar-refractivity contribution in [1.29, 1.82) is 0 Å². The molecule has 0 radical (unpaired) electrons. The number of rotatable bonds is 5. The van der Waals surface area contributed by atoms with Gasteiger partial charge < -0.3 is 9.47 Å². The number of hydrazine groups is 1. The van der Waals surface area contributed by atoms with Crippen LogP contribution in [0, 0.1) is 5.82 Å². The molecule has 0 aromatic heterocycles. The largest absolute Gasteiger partial charge is 0.497 e. The van der Waals surface area contributed by atoms with Crippen LogP contribution in [0.2, 0.25) is 0 Å². The van der Waals surface area contributed by atoms with Crippen LogP contribution in [0.15, 0.2) is 40.9 Å². The van der Waals surface area contributed by atoms with Crippen LogP contribution in [0.1, 0.15) is 17.2 Å². The molecule has 0 aliphatic carbocycles. The number of benzene rings is 2. The van der Waals surface area contributed by atoms with Gasteiger partial charge in [-0.2, -0.15) is 0 Å². The molecule has 0 bridgehead atoms. The van der Waals surface area contributed by atoms with Gasteiger partial charge in [0.25, 0.3) is 0 Å². The minimum atomic E-state index is -0.474. The van der Waals surface area contributed by atoms with E-state index in [1.807, 2.05) is 12.1 Å². The number of halogens is 2. The van der Waals surface area contributed by atoms with Crippen molar-refractivity contribution in [3.63, 3.8) is 0 Å². The molecule has 0 fully saturated rings. The van der Waals surface area contributed by atoms with Crippen molar-refractivity contribution >= 4 is 15.9 Å². The SMILES string of the molecule is COc1ccc(C(NN)c2ccc(OC)c(Br)c2)c(F)c1. The van der Waals surface area contributed by atoms with Gasteiger partial charge in [-0.15, -0.1) is 0 Å². The second kappa shape index (κ2) is 6.89. The van der Waals surface area contributed by atoms with E-state index in [4.69, 9.17) is 15.3 Å². The maximum Gasteiger partial charge on any atom is 0.133 e. The lowest BCUT2D eigenvalue weighted by molar-refractivity contribution is 0.409. The summed E-state index contributed by atoms with van der Waals surface area (Å²) in [6.45, 7) is 0. The van der Waals surface area contributed by atoms with Gasteiger partial charge in [-0.05, 0) is 39.7 Å². The third-order valence-corrected chi connectivity index (χ3v) is 3.81. The summed E-state index contributed by atoms with van der Waals surface area (Å²) in [6, 6.07) is 9.67. The Morgan fingerprint density at radius 2 is 1.90 bits per heavy atom. The molecule has 0 spiro atoms. The molecule has 1 atom stereocenters. The van der Waals surface area contributed by atoms with E-state index in [1.165, 1.54) is 13.2 Å². The summed E-state index contributed by atoms with van der Waals surface area (Å²) in [5, 5.41) is 0. The first-order valence-electron chi connectivity index (χ1n) is 6.23. The lowest BCUT2D eigenvalue weighted by atomic mass is 9.98. The number of nitrogens with two attached hydrogens (primary N) is 1. The van der Waals surface area contributed by atoms with Crippen LogP contribution in [0.4, 0.5) is 4.39 Å². The van der Waals surface area contributed by atoms with Crippen molar-refractivity contribution in [1.82, 2.24) is 5.43 Å².